The summed E-state index contributed by atoms with van der Waals surface area (Å²) >= 11 is 1.54. The van der Waals surface area contributed by atoms with Crippen LogP contribution < -0.4 is 18.9 Å². The zero-order valence-corrected chi connectivity index (χ0v) is 5.25. The molecule has 0 unspecified atom stereocenters. The second-order valence-corrected chi connectivity index (χ2v) is 2.09. The van der Waals surface area contributed by atoms with Gasteiger partial charge in [-0.15, -0.1) is 11.2 Å². The van der Waals surface area contributed by atoms with Crippen molar-refractivity contribution >= 4 is 11.2 Å². The van der Waals surface area contributed by atoms with Crippen LogP contribution >= 0.6 is 11.2 Å². The topological polar surface area (TPSA) is 14.1 Å². The van der Waals surface area contributed by atoms with E-state index in [1.54, 1.807) is 17.4 Å². The van der Waals surface area contributed by atoms with E-state index in [4.69, 9.17) is 0 Å². The summed E-state index contributed by atoms with van der Waals surface area (Å²) < 4.78 is 0. The first-order valence-electron chi connectivity index (χ1n) is 1.68. The maximum Gasteiger partial charge on any atom is 1.00 e. The van der Waals surface area contributed by atoms with Crippen LogP contribution in [-0.2, 0) is 0 Å². The van der Waals surface area contributed by atoms with Crippen molar-refractivity contribution in [1.82, 2.24) is 0 Å². The number of allylic oxidation sites excluding steroid dienone is 1. The number of hydrogen-bond donors (Lipinski definition) is 0. The summed E-state index contributed by atoms with van der Waals surface area (Å²) in [5.74, 6) is 0. The van der Waals surface area contributed by atoms with Gasteiger partial charge in [0.15, 0.2) is 0 Å². The molecule has 1 rings (SSSR count). The van der Waals surface area contributed by atoms with E-state index in [1.165, 1.54) is 4.91 Å². The van der Waals surface area contributed by atoms with Crippen LogP contribution in [0.5, 0.6) is 0 Å². The molecule has 1 aliphatic heterocycles. The summed E-state index contributed by atoms with van der Waals surface area (Å²) in [7, 11) is 0. The fourth-order valence-corrected chi connectivity index (χ4v) is 0.597. The van der Waals surface area contributed by atoms with Crippen molar-refractivity contribution in [3.8, 4) is 5.31 Å². The molecule has 0 aromatic rings. The van der Waals surface area contributed by atoms with Crippen LogP contribution in [0.4, 0.5) is 0 Å². The minimum Gasteiger partial charge on any atom is -0.619 e. The molecule has 0 saturated heterocycles. The van der Waals surface area contributed by atoms with Gasteiger partial charge in [0.1, 0.15) is 0 Å². The third kappa shape index (κ3) is 2.06. The van der Waals surface area contributed by atoms with E-state index in [0.717, 1.165) is 0 Å². The fourth-order valence-electron chi connectivity index (χ4n) is 0.242. The van der Waals surface area contributed by atoms with Gasteiger partial charge in [0.05, 0.1) is 0 Å². The third-order valence-corrected chi connectivity index (χ3v) is 1.13. The Morgan fingerprint density at radius 3 is 2.71 bits per heavy atom. The summed E-state index contributed by atoms with van der Waals surface area (Å²) in [6.45, 7) is 2.01. The monoisotopic (exact) mass is 105 g/mol. The molecule has 0 fully saturated rings. The van der Waals surface area contributed by atoms with Crippen LogP contribution in [0.3, 0.4) is 0 Å². The average Bonchev–Trinajstić information content (AvgIpc) is 1.86. The summed E-state index contributed by atoms with van der Waals surface area (Å²) in [5, 5.41) is 6.44. The second kappa shape index (κ2) is 3.18. The Labute approximate surface area is 58.9 Å². The number of nitrogens with zero attached hydrogens (tertiary/aromatic N) is 1. The molecule has 0 radical (unpaired) electrons. The molecule has 0 aromatic heterocycles. The minimum absolute atomic E-state index is 0. The van der Waals surface area contributed by atoms with Crippen LogP contribution in [-0.4, -0.2) is 0 Å². The third-order valence-electron chi connectivity index (χ3n) is 0.506. The minimum atomic E-state index is 0. The first-order valence-corrected chi connectivity index (χ1v) is 2.50. The fraction of sp³-hybridized carbons (Fsp3) is 0.250. The first kappa shape index (κ1) is 7.14. The Morgan fingerprint density at radius 2 is 2.57 bits per heavy atom. The van der Waals surface area contributed by atoms with Gasteiger partial charge in [0, 0.05) is 0 Å². The second-order valence-electron chi connectivity index (χ2n) is 1.06. The molecule has 0 atom stereocenters. The molecule has 0 aromatic carbocycles. The van der Waals surface area contributed by atoms with Gasteiger partial charge in [-0.1, -0.05) is 0 Å². The van der Waals surface area contributed by atoms with Crippen LogP contribution in [0.2, 0.25) is 0 Å². The van der Waals surface area contributed by atoms with Crippen LogP contribution in [0, 0.1) is 5.31 Å². The molecule has 7 heavy (non-hydrogen) atoms. The van der Waals surface area contributed by atoms with Crippen molar-refractivity contribution in [2.75, 3.05) is 0 Å². The van der Waals surface area contributed by atoms with E-state index in [-0.39, 0.29) is 18.9 Å². The van der Waals surface area contributed by atoms with Crippen molar-refractivity contribution in [3.63, 3.8) is 0 Å². The summed E-state index contributed by atoms with van der Waals surface area (Å²) in [6.07, 6.45) is 1.80. The first-order chi connectivity index (χ1) is 2.89. The van der Waals surface area contributed by atoms with E-state index in [1.807, 2.05) is 6.92 Å². The maximum atomic E-state index is 3.72. The molecule has 0 aliphatic carbocycles. The van der Waals surface area contributed by atoms with Gasteiger partial charge in [0.2, 0.25) is 0 Å². The van der Waals surface area contributed by atoms with Gasteiger partial charge in [-0.25, -0.2) is 0 Å². The van der Waals surface area contributed by atoms with Crippen molar-refractivity contribution in [2.24, 2.45) is 0 Å². The Bertz CT molecular complexity index is 142. The number of hydrogen-bond acceptors (Lipinski definition) is 0. The quantitative estimate of drug-likeness (QED) is 0.347. The van der Waals surface area contributed by atoms with E-state index >= 15 is 0 Å². The predicted octanol–water partition coefficient (Wildman–Crippen LogP) is -1.11. The molecule has 1 nitrogen and oxygen atoms in total. The van der Waals surface area contributed by atoms with E-state index in [9.17, 15) is 0 Å². The van der Waals surface area contributed by atoms with Crippen molar-refractivity contribution < 1.29 is 18.9 Å². The van der Waals surface area contributed by atoms with Gasteiger partial charge in [-0.3, -0.25) is 0 Å². The van der Waals surface area contributed by atoms with Crippen molar-refractivity contribution in [3.05, 3.63) is 16.4 Å². The Kier molecular flexibility index (Phi) is 3.24. The molecular weight excluding hydrogens is 101 g/mol. The van der Waals surface area contributed by atoms with Gasteiger partial charge in [-0.05, 0) is 11.8 Å². The molecular formula is C4H4LiNS. The van der Waals surface area contributed by atoms with Crippen LogP contribution in [0.1, 0.15) is 6.92 Å². The molecule has 0 spiro atoms. The predicted molar refractivity (Wildman–Crippen MR) is 28.6 cm³/mol. The van der Waals surface area contributed by atoms with Gasteiger partial charge in [0.25, 0.3) is 0 Å². The van der Waals surface area contributed by atoms with Gasteiger partial charge in [-0.2, -0.15) is 11.5 Å². The molecule has 0 bridgehead atoms. The average molecular weight is 105 g/mol. The standard InChI is InChI=1S/C4H4NS.Li/c1-4-2-5-3-6-4;/h2H,1H3;/q-1;+1. The largest absolute Gasteiger partial charge is 1.00 e. The van der Waals surface area contributed by atoms with Crippen molar-refractivity contribution in [1.29, 1.82) is 0 Å². The molecule has 0 N–H and O–H groups in total. The zero-order chi connectivity index (χ0) is 4.41. The van der Waals surface area contributed by atoms with E-state index in [0.29, 0.717) is 0 Å². The van der Waals surface area contributed by atoms with Crippen molar-refractivity contribution in [2.45, 2.75) is 6.92 Å². The summed E-state index contributed by atoms with van der Waals surface area (Å²) in [4.78, 5) is 1.22. The molecule has 3 heteroatoms. The summed E-state index contributed by atoms with van der Waals surface area (Å²) in [5.41, 5.74) is 0. The Balaban J connectivity index is 0.000000360. The maximum absolute atomic E-state index is 3.72. The van der Waals surface area contributed by atoms with Crippen LogP contribution in [0.15, 0.2) is 11.1 Å². The van der Waals surface area contributed by atoms with E-state index < -0.39 is 0 Å². The van der Waals surface area contributed by atoms with Gasteiger partial charge < -0.3 is 5.32 Å². The Hall–Kier alpha value is 0.137. The molecule has 32 valence electrons. The summed E-state index contributed by atoms with van der Waals surface area (Å²) in [6, 6.07) is 0. The smallest absolute Gasteiger partial charge is 0.619 e. The Morgan fingerprint density at radius 1 is 1.86 bits per heavy atom. The van der Waals surface area contributed by atoms with E-state index in [2.05, 4.69) is 10.6 Å². The molecule has 1 heterocycles. The molecule has 0 saturated carbocycles. The molecule has 1 aliphatic rings. The van der Waals surface area contributed by atoms with Crippen LogP contribution in [0.25, 0.3) is 5.32 Å². The molecule has 0 amide bonds. The SMILES string of the molecule is CC1=C[N-]C#S1.[Li+]. The normalized spacial score (nSPS) is 13.6. The van der Waals surface area contributed by atoms with Gasteiger partial charge >= 0.3 is 18.9 Å². The zero-order valence-electron chi connectivity index (χ0n) is 4.43. The number of rotatable bonds is 0.